The van der Waals surface area contributed by atoms with Crippen LogP contribution in [0.2, 0.25) is 0 Å². The third-order valence-electron chi connectivity index (χ3n) is 4.38. The average Bonchev–Trinajstić information content (AvgIpc) is 2.69. The minimum Gasteiger partial charge on any atom is -0.393 e. The maximum absolute atomic E-state index is 12.5. The van der Waals surface area contributed by atoms with E-state index in [1.165, 1.54) is 0 Å². The normalized spacial score (nSPS) is 24.8. The Labute approximate surface area is 130 Å². The number of aryl methyl sites for hydroxylation is 1. The predicted octanol–water partition coefficient (Wildman–Crippen LogP) is 0.706. The summed E-state index contributed by atoms with van der Waals surface area (Å²) in [7, 11) is 0. The molecule has 2 aliphatic rings. The molecule has 1 aromatic heterocycles. The molecule has 1 aliphatic carbocycles. The van der Waals surface area contributed by atoms with Gasteiger partial charge in [-0.3, -0.25) is 4.79 Å². The van der Waals surface area contributed by atoms with Gasteiger partial charge in [0.15, 0.2) is 0 Å². The van der Waals surface area contributed by atoms with E-state index in [9.17, 15) is 9.90 Å². The molecule has 22 heavy (non-hydrogen) atoms. The molecule has 1 saturated carbocycles. The number of amides is 1. The Morgan fingerprint density at radius 2 is 2.18 bits per heavy atom. The molecule has 0 aromatic carbocycles. The first-order chi connectivity index (χ1) is 10.5. The Hall–Kier alpha value is -1.47. The van der Waals surface area contributed by atoms with Crippen LogP contribution in [0, 0.1) is 5.92 Å². The number of nitrogens with zero attached hydrogens (tertiary/aromatic N) is 4. The summed E-state index contributed by atoms with van der Waals surface area (Å²) in [5.74, 6) is 0.128. The number of hydrogen-bond donors (Lipinski definition) is 1. The van der Waals surface area contributed by atoms with E-state index in [0.29, 0.717) is 26.0 Å². The van der Waals surface area contributed by atoms with Crippen molar-refractivity contribution in [2.45, 2.75) is 65.0 Å². The molecule has 0 unspecified atom stereocenters. The fourth-order valence-corrected chi connectivity index (χ4v) is 2.99. The van der Waals surface area contributed by atoms with Crippen molar-refractivity contribution in [3.63, 3.8) is 0 Å². The fourth-order valence-electron chi connectivity index (χ4n) is 2.99. The second kappa shape index (κ2) is 6.34. The minimum absolute atomic E-state index is 0.0206. The summed E-state index contributed by atoms with van der Waals surface area (Å²) >= 11 is 0. The standard InChI is InChI=1S/C15H24N4O3/c1-10(2)22-9-13-14-8-18(4-3-5-19(14)17-16-13)15(21)11-6-12(20)7-11/h10-12,20H,3-9H2,1-2H3. The number of aromatic nitrogens is 3. The number of aliphatic hydroxyl groups is 1. The minimum atomic E-state index is -0.303. The SMILES string of the molecule is CC(C)OCc1nnn2c1CN(C(=O)C1CC(O)C1)CCC2. The highest BCUT2D eigenvalue weighted by atomic mass is 16.5. The number of hydrogen-bond acceptors (Lipinski definition) is 5. The van der Waals surface area contributed by atoms with Crippen molar-refractivity contribution in [2.75, 3.05) is 6.54 Å². The van der Waals surface area contributed by atoms with Gasteiger partial charge in [-0.1, -0.05) is 5.21 Å². The number of rotatable bonds is 4. The predicted molar refractivity (Wildman–Crippen MR) is 78.7 cm³/mol. The number of carbonyl (C=O) groups excluding carboxylic acids is 1. The van der Waals surface area contributed by atoms with Crippen LogP contribution in [0.4, 0.5) is 0 Å². The zero-order valence-electron chi connectivity index (χ0n) is 13.2. The molecule has 3 rings (SSSR count). The third-order valence-corrected chi connectivity index (χ3v) is 4.38. The molecule has 7 nitrogen and oxygen atoms in total. The van der Waals surface area contributed by atoms with Gasteiger partial charge in [0, 0.05) is 19.0 Å². The molecule has 1 fully saturated rings. The van der Waals surface area contributed by atoms with Gasteiger partial charge in [0.1, 0.15) is 5.69 Å². The molecule has 122 valence electrons. The van der Waals surface area contributed by atoms with E-state index >= 15 is 0 Å². The van der Waals surface area contributed by atoms with Gasteiger partial charge in [-0.2, -0.15) is 0 Å². The summed E-state index contributed by atoms with van der Waals surface area (Å²) in [4.78, 5) is 14.4. The lowest BCUT2D eigenvalue weighted by Gasteiger charge is -2.34. The van der Waals surface area contributed by atoms with Gasteiger partial charge in [0.2, 0.25) is 5.91 Å². The Kier molecular flexibility index (Phi) is 4.44. The summed E-state index contributed by atoms with van der Waals surface area (Å²) < 4.78 is 7.52. The summed E-state index contributed by atoms with van der Waals surface area (Å²) in [5, 5.41) is 17.8. The van der Waals surface area contributed by atoms with E-state index < -0.39 is 0 Å². The van der Waals surface area contributed by atoms with Crippen LogP contribution in [0.25, 0.3) is 0 Å². The lowest BCUT2D eigenvalue weighted by Crippen LogP contribution is -2.43. The summed E-state index contributed by atoms with van der Waals surface area (Å²) in [5.41, 5.74) is 1.80. The van der Waals surface area contributed by atoms with E-state index in [-0.39, 0.29) is 24.0 Å². The highest BCUT2D eigenvalue weighted by molar-refractivity contribution is 5.79. The van der Waals surface area contributed by atoms with E-state index in [2.05, 4.69) is 10.3 Å². The highest BCUT2D eigenvalue weighted by Gasteiger charge is 2.36. The molecule has 1 N–H and O–H groups in total. The molecule has 1 aromatic rings. The molecule has 0 spiro atoms. The fraction of sp³-hybridized carbons (Fsp3) is 0.800. The zero-order valence-corrected chi connectivity index (χ0v) is 13.2. The zero-order chi connectivity index (χ0) is 15.7. The van der Waals surface area contributed by atoms with Crippen LogP contribution in [0.5, 0.6) is 0 Å². The van der Waals surface area contributed by atoms with Crippen molar-refractivity contribution >= 4 is 5.91 Å². The van der Waals surface area contributed by atoms with Gasteiger partial charge < -0.3 is 14.7 Å². The monoisotopic (exact) mass is 308 g/mol. The third kappa shape index (κ3) is 3.15. The Morgan fingerprint density at radius 3 is 2.86 bits per heavy atom. The van der Waals surface area contributed by atoms with Crippen LogP contribution in [-0.2, 0) is 29.2 Å². The van der Waals surface area contributed by atoms with Crippen LogP contribution in [0.15, 0.2) is 0 Å². The van der Waals surface area contributed by atoms with Gasteiger partial charge in [-0.15, -0.1) is 5.10 Å². The first-order valence-electron chi connectivity index (χ1n) is 8.04. The van der Waals surface area contributed by atoms with E-state index in [1.807, 2.05) is 23.4 Å². The average molecular weight is 308 g/mol. The molecule has 0 atom stereocenters. The molecular formula is C15H24N4O3. The second-order valence-electron chi connectivity index (χ2n) is 6.50. The summed E-state index contributed by atoms with van der Waals surface area (Å²) in [6, 6.07) is 0. The van der Waals surface area contributed by atoms with E-state index in [0.717, 1.165) is 30.9 Å². The van der Waals surface area contributed by atoms with Crippen molar-refractivity contribution in [2.24, 2.45) is 5.92 Å². The first-order valence-corrected chi connectivity index (χ1v) is 8.04. The molecule has 0 saturated heterocycles. The van der Waals surface area contributed by atoms with Gasteiger partial charge in [0.25, 0.3) is 0 Å². The van der Waals surface area contributed by atoms with Crippen LogP contribution in [0.1, 0.15) is 44.5 Å². The quantitative estimate of drug-likeness (QED) is 0.886. The van der Waals surface area contributed by atoms with E-state index in [1.54, 1.807) is 0 Å². The van der Waals surface area contributed by atoms with Gasteiger partial charge >= 0.3 is 0 Å². The van der Waals surface area contributed by atoms with Crippen LogP contribution >= 0.6 is 0 Å². The molecule has 2 heterocycles. The van der Waals surface area contributed by atoms with Crippen molar-refractivity contribution in [1.82, 2.24) is 19.9 Å². The topological polar surface area (TPSA) is 80.5 Å². The van der Waals surface area contributed by atoms with Crippen molar-refractivity contribution in [1.29, 1.82) is 0 Å². The molecule has 0 radical (unpaired) electrons. The lowest BCUT2D eigenvalue weighted by atomic mass is 9.81. The van der Waals surface area contributed by atoms with Gasteiger partial charge in [0.05, 0.1) is 31.1 Å². The molecule has 1 aliphatic heterocycles. The molecular weight excluding hydrogens is 284 g/mol. The van der Waals surface area contributed by atoms with Crippen LogP contribution in [0.3, 0.4) is 0 Å². The number of carbonyl (C=O) groups is 1. The molecule has 1 amide bonds. The maximum atomic E-state index is 12.5. The smallest absolute Gasteiger partial charge is 0.226 e. The Morgan fingerprint density at radius 1 is 1.41 bits per heavy atom. The van der Waals surface area contributed by atoms with Crippen molar-refractivity contribution < 1.29 is 14.6 Å². The first kappa shape index (κ1) is 15.4. The van der Waals surface area contributed by atoms with Crippen molar-refractivity contribution in [3.05, 3.63) is 11.4 Å². The van der Waals surface area contributed by atoms with Gasteiger partial charge in [-0.05, 0) is 33.1 Å². The second-order valence-corrected chi connectivity index (χ2v) is 6.50. The van der Waals surface area contributed by atoms with Crippen LogP contribution in [-0.4, -0.2) is 49.7 Å². The number of fused-ring (bicyclic) bond motifs is 1. The highest BCUT2D eigenvalue weighted by Crippen LogP contribution is 2.30. The van der Waals surface area contributed by atoms with Gasteiger partial charge in [-0.25, -0.2) is 4.68 Å². The number of ether oxygens (including phenoxy) is 1. The summed E-state index contributed by atoms with van der Waals surface area (Å²) in [6.07, 6.45) is 1.90. The Balaban J connectivity index is 1.70. The van der Waals surface area contributed by atoms with Crippen LogP contribution < -0.4 is 0 Å². The lowest BCUT2D eigenvalue weighted by molar-refractivity contribution is -0.143. The summed E-state index contributed by atoms with van der Waals surface area (Å²) in [6.45, 7) is 6.45. The Bertz CT molecular complexity index is 537. The maximum Gasteiger partial charge on any atom is 0.226 e. The molecule has 7 heteroatoms. The molecule has 0 bridgehead atoms. The largest absolute Gasteiger partial charge is 0.393 e. The van der Waals surface area contributed by atoms with E-state index in [4.69, 9.17) is 4.74 Å². The number of aliphatic hydroxyl groups excluding tert-OH is 1. The van der Waals surface area contributed by atoms with Crippen molar-refractivity contribution in [3.8, 4) is 0 Å².